The largest absolute Gasteiger partial charge is 0.352 e. The van der Waals surface area contributed by atoms with Crippen LogP contribution in [0.2, 0.25) is 0 Å². The number of carbonyl (C=O) groups excluding carboxylic acids is 1. The minimum absolute atomic E-state index is 0.0287. The quantitative estimate of drug-likeness (QED) is 0.738. The van der Waals surface area contributed by atoms with Crippen LogP contribution in [0.5, 0.6) is 0 Å². The van der Waals surface area contributed by atoms with Crippen LogP contribution in [-0.4, -0.2) is 16.5 Å². The minimum Gasteiger partial charge on any atom is -0.352 e. The number of benzene rings is 1. The SMILES string of the molecule is CC[C@H](C)NC(=O)Cn1c(-c2cccs2)cc2cc(F)ccc21. The van der Waals surface area contributed by atoms with Crippen molar-refractivity contribution in [2.75, 3.05) is 0 Å². The van der Waals surface area contributed by atoms with E-state index in [9.17, 15) is 9.18 Å². The Morgan fingerprint density at radius 2 is 2.17 bits per heavy atom. The second-order valence-corrected chi connectivity index (χ2v) is 6.62. The maximum Gasteiger partial charge on any atom is 0.240 e. The molecule has 0 aliphatic rings. The van der Waals surface area contributed by atoms with Crippen molar-refractivity contribution in [1.29, 1.82) is 0 Å². The molecule has 0 fully saturated rings. The fraction of sp³-hybridized carbons (Fsp3) is 0.278. The summed E-state index contributed by atoms with van der Waals surface area (Å²) in [5, 5.41) is 5.79. The van der Waals surface area contributed by atoms with Gasteiger partial charge in [-0.05, 0) is 49.1 Å². The molecule has 1 N–H and O–H groups in total. The Bertz CT molecular complexity index is 823. The molecule has 0 radical (unpaired) electrons. The van der Waals surface area contributed by atoms with E-state index in [0.717, 1.165) is 27.9 Å². The Kier molecular flexibility index (Phi) is 4.48. The molecule has 5 heteroatoms. The number of nitrogens with one attached hydrogen (secondary N) is 1. The first kappa shape index (κ1) is 15.7. The summed E-state index contributed by atoms with van der Waals surface area (Å²) in [6.07, 6.45) is 0.890. The van der Waals surface area contributed by atoms with E-state index in [2.05, 4.69) is 5.32 Å². The number of rotatable bonds is 5. The zero-order chi connectivity index (χ0) is 16.4. The summed E-state index contributed by atoms with van der Waals surface area (Å²) in [6, 6.07) is 10.8. The Balaban J connectivity index is 2.02. The zero-order valence-electron chi connectivity index (χ0n) is 13.2. The van der Waals surface area contributed by atoms with Gasteiger partial charge in [0.1, 0.15) is 12.4 Å². The van der Waals surface area contributed by atoms with Crippen molar-refractivity contribution in [2.24, 2.45) is 0 Å². The van der Waals surface area contributed by atoms with Gasteiger partial charge in [-0.25, -0.2) is 4.39 Å². The lowest BCUT2D eigenvalue weighted by molar-refractivity contribution is -0.122. The molecule has 0 spiro atoms. The highest BCUT2D eigenvalue weighted by atomic mass is 32.1. The van der Waals surface area contributed by atoms with Crippen LogP contribution in [0.15, 0.2) is 41.8 Å². The third kappa shape index (κ3) is 3.29. The first-order chi connectivity index (χ1) is 11.1. The van der Waals surface area contributed by atoms with Gasteiger partial charge in [-0.15, -0.1) is 11.3 Å². The Morgan fingerprint density at radius 1 is 1.35 bits per heavy atom. The van der Waals surface area contributed by atoms with Crippen LogP contribution in [0.4, 0.5) is 4.39 Å². The maximum atomic E-state index is 13.5. The lowest BCUT2D eigenvalue weighted by Gasteiger charge is -2.14. The molecule has 3 nitrogen and oxygen atoms in total. The minimum atomic E-state index is -0.267. The molecular weight excluding hydrogens is 311 g/mol. The standard InChI is InChI=1S/C18H19FN2OS/c1-3-12(2)20-18(22)11-21-15-7-6-14(19)9-13(15)10-16(21)17-5-4-8-23-17/h4-10,12H,3,11H2,1-2H3,(H,20,22)/t12-/m0/s1. The Morgan fingerprint density at radius 3 is 2.87 bits per heavy atom. The van der Waals surface area contributed by atoms with Gasteiger partial charge in [0.05, 0.1) is 10.6 Å². The van der Waals surface area contributed by atoms with Gasteiger partial charge in [-0.1, -0.05) is 13.0 Å². The van der Waals surface area contributed by atoms with Crippen molar-refractivity contribution in [2.45, 2.75) is 32.9 Å². The average Bonchev–Trinajstić information content (AvgIpc) is 3.14. The highest BCUT2D eigenvalue weighted by molar-refractivity contribution is 7.13. The second-order valence-electron chi connectivity index (χ2n) is 5.67. The molecule has 1 amide bonds. The van der Waals surface area contributed by atoms with Gasteiger partial charge in [-0.2, -0.15) is 0 Å². The smallest absolute Gasteiger partial charge is 0.240 e. The van der Waals surface area contributed by atoms with Crippen molar-refractivity contribution in [3.05, 3.63) is 47.6 Å². The highest BCUT2D eigenvalue weighted by Gasteiger charge is 2.15. The molecular formula is C18H19FN2OS. The summed E-state index contributed by atoms with van der Waals surface area (Å²) in [5.41, 5.74) is 1.81. The summed E-state index contributed by atoms with van der Waals surface area (Å²) in [5.74, 6) is -0.296. The van der Waals surface area contributed by atoms with E-state index in [1.165, 1.54) is 12.1 Å². The van der Waals surface area contributed by atoms with Gasteiger partial charge in [0.2, 0.25) is 5.91 Å². The molecule has 0 aliphatic heterocycles. The number of halogens is 1. The topological polar surface area (TPSA) is 34.0 Å². The Hall–Kier alpha value is -2.14. The molecule has 23 heavy (non-hydrogen) atoms. The molecule has 0 unspecified atom stereocenters. The predicted octanol–water partition coefficient (Wildman–Crippen LogP) is 4.42. The van der Waals surface area contributed by atoms with Crippen molar-refractivity contribution in [3.8, 4) is 10.6 Å². The molecule has 0 aliphatic carbocycles. The van der Waals surface area contributed by atoms with E-state index in [1.54, 1.807) is 17.4 Å². The summed E-state index contributed by atoms with van der Waals surface area (Å²) in [4.78, 5) is 13.4. The molecule has 2 aromatic heterocycles. The molecule has 3 aromatic rings. The van der Waals surface area contributed by atoms with Gasteiger partial charge in [0.15, 0.2) is 0 Å². The summed E-state index contributed by atoms with van der Waals surface area (Å²) in [6.45, 7) is 4.25. The summed E-state index contributed by atoms with van der Waals surface area (Å²) in [7, 11) is 0. The van der Waals surface area contributed by atoms with Crippen molar-refractivity contribution in [1.82, 2.24) is 9.88 Å². The van der Waals surface area contributed by atoms with Gasteiger partial charge in [0.25, 0.3) is 0 Å². The number of carbonyl (C=O) groups is 1. The molecule has 0 saturated carbocycles. The monoisotopic (exact) mass is 330 g/mol. The fourth-order valence-corrected chi connectivity index (χ4v) is 3.36. The van der Waals surface area contributed by atoms with Gasteiger partial charge in [0, 0.05) is 16.9 Å². The van der Waals surface area contributed by atoms with Gasteiger partial charge in [-0.3, -0.25) is 4.79 Å². The number of thiophene rings is 1. The van der Waals surface area contributed by atoms with Crippen LogP contribution < -0.4 is 5.32 Å². The van der Waals surface area contributed by atoms with E-state index in [-0.39, 0.29) is 24.3 Å². The van der Waals surface area contributed by atoms with E-state index >= 15 is 0 Å². The first-order valence-electron chi connectivity index (χ1n) is 7.70. The third-order valence-corrected chi connectivity index (χ3v) is 4.85. The van der Waals surface area contributed by atoms with Crippen LogP contribution >= 0.6 is 11.3 Å². The van der Waals surface area contributed by atoms with E-state index < -0.39 is 0 Å². The van der Waals surface area contributed by atoms with Crippen LogP contribution in [0.1, 0.15) is 20.3 Å². The van der Waals surface area contributed by atoms with Gasteiger partial charge < -0.3 is 9.88 Å². The van der Waals surface area contributed by atoms with E-state index in [4.69, 9.17) is 0 Å². The van der Waals surface area contributed by atoms with Crippen molar-refractivity contribution >= 4 is 28.1 Å². The van der Waals surface area contributed by atoms with Crippen LogP contribution in [0, 0.1) is 5.82 Å². The number of aromatic nitrogens is 1. The molecule has 3 rings (SSSR count). The second kappa shape index (κ2) is 6.54. The maximum absolute atomic E-state index is 13.5. The lowest BCUT2D eigenvalue weighted by atomic mass is 10.2. The van der Waals surface area contributed by atoms with Crippen molar-refractivity contribution in [3.63, 3.8) is 0 Å². The number of fused-ring (bicyclic) bond motifs is 1. The lowest BCUT2D eigenvalue weighted by Crippen LogP contribution is -2.34. The average molecular weight is 330 g/mol. The first-order valence-corrected chi connectivity index (χ1v) is 8.58. The van der Waals surface area contributed by atoms with E-state index in [1.807, 2.05) is 42.0 Å². The zero-order valence-corrected chi connectivity index (χ0v) is 14.0. The molecule has 1 aromatic carbocycles. The molecule has 1 atom stereocenters. The molecule has 0 saturated heterocycles. The summed E-state index contributed by atoms with van der Waals surface area (Å²) < 4.78 is 15.5. The van der Waals surface area contributed by atoms with Crippen LogP contribution in [-0.2, 0) is 11.3 Å². The molecule has 120 valence electrons. The third-order valence-electron chi connectivity index (χ3n) is 3.96. The van der Waals surface area contributed by atoms with Gasteiger partial charge >= 0.3 is 0 Å². The highest BCUT2D eigenvalue weighted by Crippen LogP contribution is 2.31. The predicted molar refractivity (Wildman–Crippen MR) is 93.1 cm³/mol. The Labute approximate surface area is 138 Å². The van der Waals surface area contributed by atoms with E-state index in [0.29, 0.717) is 0 Å². The molecule has 0 bridgehead atoms. The number of hydrogen-bond acceptors (Lipinski definition) is 2. The number of nitrogens with zero attached hydrogens (tertiary/aromatic N) is 1. The fourth-order valence-electron chi connectivity index (χ4n) is 2.61. The molecule has 2 heterocycles. The van der Waals surface area contributed by atoms with Crippen LogP contribution in [0.25, 0.3) is 21.5 Å². The summed E-state index contributed by atoms with van der Waals surface area (Å²) >= 11 is 1.61. The van der Waals surface area contributed by atoms with Crippen LogP contribution in [0.3, 0.4) is 0 Å². The number of amides is 1. The number of hydrogen-bond donors (Lipinski definition) is 1. The van der Waals surface area contributed by atoms with Crippen molar-refractivity contribution < 1.29 is 9.18 Å². The normalized spacial score (nSPS) is 12.5.